The van der Waals surface area contributed by atoms with Crippen molar-refractivity contribution in [2.75, 3.05) is 6.54 Å². The van der Waals surface area contributed by atoms with Crippen molar-refractivity contribution in [1.29, 1.82) is 0 Å². The lowest BCUT2D eigenvalue weighted by molar-refractivity contribution is 0.0954. The van der Waals surface area contributed by atoms with Crippen LogP contribution < -0.4 is 5.32 Å². The van der Waals surface area contributed by atoms with Gasteiger partial charge in [-0.25, -0.2) is 0 Å². The molecule has 1 aromatic carbocycles. The Kier molecular flexibility index (Phi) is 5.72. The molecule has 0 aliphatic carbocycles. The molecule has 4 rings (SSSR count). The van der Waals surface area contributed by atoms with Crippen molar-refractivity contribution in [3.05, 3.63) is 65.5 Å². The van der Waals surface area contributed by atoms with Crippen LogP contribution in [0.5, 0.6) is 0 Å². The van der Waals surface area contributed by atoms with Crippen LogP contribution in [0.1, 0.15) is 35.5 Å². The zero-order valence-corrected chi connectivity index (χ0v) is 16.1. The molecule has 0 bridgehead atoms. The number of aromatic nitrogens is 3. The topological polar surface area (TPSA) is 80.9 Å². The molecule has 0 saturated heterocycles. The number of thiophene rings is 1. The number of rotatable bonds is 8. The molecule has 0 aliphatic rings. The van der Waals surface area contributed by atoms with Crippen LogP contribution in [-0.4, -0.2) is 27.6 Å². The second kappa shape index (κ2) is 8.75. The molecule has 0 radical (unpaired) electrons. The molecule has 142 valence electrons. The number of para-hydroxylation sites is 1. The zero-order valence-electron chi connectivity index (χ0n) is 15.3. The fourth-order valence-corrected chi connectivity index (χ4v) is 3.67. The van der Waals surface area contributed by atoms with E-state index in [4.69, 9.17) is 4.52 Å². The number of aryl methyl sites for hydroxylation is 1. The molecule has 0 spiro atoms. The summed E-state index contributed by atoms with van der Waals surface area (Å²) in [6.45, 7) is 0.631. The molecule has 0 saturated carbocycles. The van der Waals surface area contributed by atoms with Gasteiger partial charge in [-0.1, -0.05) is 35.8 Å². The minimum absolute atomic E-state index is 0.0817. The van der Waals surface area contributed by atoms with E-state index in [2.05, 4.69) is 20.4 Å². The van der Waals surface area contributed by atoms with Crippen LogP contribution in [0, 0.1) is 0 Å². The van der Waals surface area contributed by atoms with Crippen molar-refractivity contribution >= 4 is 28.1 Å². The maximum Gasteiger partial charge on any atom is 0.253 e. The van der Waals surface area contributed by atoms with Crippen molar-refractivity contribution in [2.24, 2.45) is 0 Å². The van der Waals surface area contributed by atoms with Gasteiger partial charge in [0, 0.05) is 24.5 Å². The van der Waals surface area contributed by atoms with Crippen LogP contribution in [0.3, 0.4) is 0 Å². The maximum absolute atomic E-state index is 12.4. The largest absolute Gasteiger partial charge is 0.352 e. The third-order valence-corrected chi connectivity index (χ3v) is 5.31. The molecule has 0 atom stereocenters. The number of carbonyl (C=O) groups is 1. The Morgan fingerprint density at radius 3 is 2.89 bits per heavy atom. The first-order valence-electron chi connectivity index (χ1n) is 9.30. The van der Waals surface area contributed by atoms with Crippen molar-refractivity contribution in [1.82, 2.24) is 20.4 Å². The van der Waals surface area contributed by atoms with Crippen LogP contribution in [-0.2, 0) is 6.42 Å². The second-order valence-corrected chi connectivity index (χ2v) is 7.38. The van der Waals surface area contributed by atoms with Gasteiger partial charge < -0.3 is 9.84 Å². The Hall–Kier alpha value is -3.06. The number of fused-ring (bicyclic) bond motifs is 1. The van der Waals surface area contributed by atoms with E-state index in [1.165, 1.54) is 0 Å². The van der Waals surface area contributed by atoms with Gasteiger partial charge in [0.05, 0.1) is 16.0 Å². The van der Waals surface area contributed by atoms with Gasteiger partial charge in [-0.05, 0) is 36.4 Å². The number of hydrogen-bond donors (Lipinski definition) is 1. The van der Waals surface area contributed by atoms with Crippen molar-refractivity contribution in [3.63, 3.8) is 0 Å². The lowest BCUT2D eigenvalue weighted by Gasteiger charge is -2.07. The van der Waals surface area contributed by atoms with Crippen LogP contribution >= 0.6 is 11.3 Å². The molecule has 7 heteroatoms. The Balaban J connectivity index is 1.20. The summed E-state index contributed by atoms with van der Waals surface area (Å²) in [6.07, 6.45) is 5.28. The standard InChI is InChI=1S/C21H20N4O2S/c26-21(16-9-4-7-15-8-5-13-22-19(15)16)23-12-3-1-2-11-18-24-20(25-27-18)17-10-6-14-28-17/h4-10,13-14H,1-3,11-12H2,(H,23,26). The number of nitrogens with zero attached hydrogens (tertiary/aromatic N) is 3. The molecular weight excluding hydrogens is 372 g/mol. The summed E-state index contributed by atoms with van der Waals surface area (Å²) < 4.78 is 5.30. The first-order chi connectivity index (χ1) is 13.8. The fraction of sp³-hybridized carbons (Fsp3) is 0.238. The third-order valence-electron chi connectivity index (χ3n) is 4.44. The lowest BCUT2D eigenvalue weighted by Crippen LogP contribution is -2.24. The Morgan fingerprint density at radius 1 is 1.07 bits per heavy atom. The van der Waals surface area contributed by atoms with E-state index in [0.717, 1.165) is 41.5 Å². The number of unbranched alkanes of at least 4 members (excludes halogenated alkanes) is 2. The molecule has 6 nitrogen and oxygen atoms in total. The van der Waals surface area contributed by atoms with Gasteiger partial charge in [-0.2, -0.15) is 4.98 Å². The SMILES string of the molecule is O=C(NCCCCCc1nc(-c2cccs2)no1)c1cccc2cccnc12. The van der Waals surface area contributed by atoms with Gasteiger partial charge in [0.15, 0.2) is 0 Å². The fourth-order valence-electron chi connectivity index (χ4n) is 3.02. The van der Waals surface area contributed by atoms with E-state index < -0.39 is 0 Å². The van der Waals surface area contributed by atoms with Crippen LogP contribution in [0.15, 0.2) is 58.6 Å². The number of nitrogens with one attached hydrogen (secondary N) is 1. The smallest absolute Gasteiger partial charge is 0.253 e. The summed E-state index contributed by atoms with van der Waals surface area (Å²) in [5, 5.41) is 9.96. The quantitative estimate of drug-likeness (QED) is 0.447. The minimum atomic E-state index is -0.0817. The molecule has 0 fully saturated rings. The van der Waals surface area contributed by atoms with E-state index in [9.17, 15) is 4.79 Å². The van der Waals surface area contributed by atoms with E-state index in [-0.39, 0.29) is 5.91 Å². The van der Waals surface area contributed by atoms with E-state index in [1.54, 1.807) is 17.5 Å². The van der Waals surface area contributed by atoms with Crippen molar-refractivity contribution in [2.45, 2.75) is 25.7 Å². The maximum atomic E-state index is 12.4. The Bertz CT molecular complexity index is 1050. The molecular formula is C21H20N4O2S. The number of pyridine rings is 1. The average Bonchev–Trinajstić information content (AvgIpc) is 3.41. The summed E-state index contributed by atoms with van der Waals surface area (Å²) in [7, 11) is 0. The van der Waals surface area contributed by atoms with E-state index in [0.29, 0.717) is 23.8 Å². The number of carbonyl (C=O) groups excluding carboxylic acids is 1. The second-order valence-electron chi connectivity index (χ2n) is 6.44. The summed E-state index contributed by atoms with van der Waals surface area (Å²) in [5.41, 5.74) is 1.35. The molecule has 0 unspecified atom stereocenters. The number of hydrogen-bond acceptors (Lipinski definition) is 6. The molecule has 3 aromatic heterocycles. The first kappa shape index (κ1) is 18.3. The van der Waals surface area contributed by atoms with Gasteiger partial charge in [-0.15, -0.1) is 11.3 Å². The summed E-state index contributed by atoms with van der Waals surface area (Å²) in [6, 6.07) is 13.4. The van der Waals surface area contributed by atoms with Crippen molar-refractivity contribution < 1.29 is 9.32 Å². The van der Waals surface area contributed by atoms with Gasteiger partial charge >= 0.3 is 0 Å². The average molecular weight is 392 g/mol. The molecule has 1 amide bonds. The lowest BCUT2D eigenvalue weighted by atomic mass is 10.1. The Labute approximate surface area is 166 Å². The normalized spacial score (nSPS) is 11.0. The molecule has 3 heterocycles. The monoisotopic (exact) mass is 392 g/mol. The number of amides is 1. The summed E-state index contributed by atoms with van der Waals surface area (Å²) >= 11 is 1.60. The van der Waals surface area contributed by atoms with E-state index in [1.807, 2.05) is 47.8 Å². The van der Waals surface area contributed by atoms with Gasteiger partial charge in [0.1, 0.15) is 0 Å². The Morgan fingerprint density at radius 2 is 2.00 bits per heavy atom. The minimum Gasteiger partial charge on any atom is -0.352 e. The molecule has 28 heavy (non-hydrogen) atoms. The van der Waals surface area contributed by atoms with Crippen LogP contribution in [0.4, 0.5) is 0 Å². The van der Waals surface area contributed by atoms with E-state index >= 15 is 0 Å². The van der Waals surface area contributed by atoms with Gasteiger partial charge in [0.25, 0.3) is 5.91 Å². The van der Waals surface area contributed by atoms with Crippen molar-refractivity contribution in [3.8, 4) is 10.7 Å². The summed E-state index contributed by atoms with van der Waals surface area (Å²) in [5.74, 6) is 1.23. The predicted octanol–water partition coefficient (Wildman–Crippen LogP) is 4.49. The van der Waals surface area contributed by atoms with Gasteiger partial charge in [0.2, 0.25) is 11.7 Å². The highest BCUT2D eigenvalue weighted by Gasteiger charge is 2.11. The summed E-state index contributed by atoms with van der Waals surface area (Å²) in [4.78, 5) is 22.2. The predicted molar refractivity (Wildman–Crippen MR) is 109 cm³/mol. The highest BCUT2D eigenvalue weighted by molar-refractivity contribution is 7.13. The molecule has 1 N–H and O–H groups in total. The third kappa shape index (κ3) is 4.26. The van der Waals surface area contributed by atoms with Crippen LogP contribution in [0.2, 0.25) is 0 Å². The first-order valence-corrected chi connectivity index (χ1v) is 10.2. The molecule has 4 aromatic rings. The van der Waals surface area contributed by atoms with Crippen LogP contribution in [0.25, 0.3) is 21.6 Å². The highest BCUT2D eigenvalue weighted by Crippen LogP contribution is 2.21. The number of benzene rings is 1. The zero-order chi connectivity index (χ0) is 19.2. The molecule has 0 aliphatic heterocycles. The van der Waals surface area contributed by atoms with Gasteiger partial charge in [-0.3, -0.25) is 9.78 Å². The highest BCUT2D eigenvalue weighted by atomic mass is 32.1.